The molecule has 0 aliphatic heterocycles. The van der Waals surface area contributed by atoms with Crippen LogP contribution in [0.3, 0.4) is 0 Å². The Morgan fingerprint density at radius 3 is 2.52 bits per heavy atom. The summed E-state index contributed by atoms with van der Waals surface area (Å²) in [5, 5.41) is 10.9. The van der Waals surface area contributed by atoms with Gasteiger partial charge in [0, 0.05) is 26.5 Å². The predicted octanol–water partition coefficient (Wildman–Crippen LogP) is 7.59. The zero-order valence-electron chi connectivity index (χ0n) is 19.6. The van der Waals surface area contributed by atoms with Gasteiger partial charge in [-0.15, -0.1) is 22.9 Å². The topological polar surface area (TPSA) is 29.5 Å². The van der Waals surface area contributed by atoms with E-state index in [1.807, 2.05) is 11.3 Å². The van der Waals surface area contributed by atoms with Crippen LogP contribution < -0.4 is 0 Å². The lowest BCUT2D eigenvalue weighted by atomic mass is 9.76. The average molecular weight is 463 g/mol. The number of unbranched alkanes of at least 4 members (excludes halogenated alkanes) is 2. The Kier molecular flexibility index (Phi) is 9.04. The second-order valence-electron chi connectivity index (χ2n) is 9.76. The van der Waals surface area contributed by atoms with Gasteiger partial charge in [0.05, 0.1) is 19.3 Å². The lowest BCUT2D eigenvalue weighted by molar-refractivity contribution is 0.0853. The first kappa shape index (κ1) is 24.8. The van der Waals surface area contributed by atoms with Crippen molar-refractivity contribution in [3.63, 3.8) is 0 Å². The first-order chi connectivity index (χ1) is 14.8. The molecule has 31 heavy (non-hydrogen) atoms. The number of aryl methyl sites for hydroxylation is 1. The summed E-state index contributed by atoms with van der Waals surface area (Å²) in [7, 11) is 0. The highest BCUT2D eigenvalue weighted by Gasteiger charge is 2.36. The minimum atomic E-state index is -0.320. The highest BCUT2D eigenvalue weighted by Crippen LogP contribution is 2.44. The average Bonchev–Trinajstić information content (AvgIpc) is 3.33. The van der Waals surface area contributed by atoms with Crippen LogP contribution in [-0.4, -0.2) is 23.2 Å². The van der Waals surface area contributed by atoms with Crippen molar-refractivity contribution in [3.05, 3.63) is 57.3 Å². The molecule has 1 saturated carbocycles. The third-order valence-corrected chi connectivity index (χ3v) is 8.50. The van der Waals surface area contributed by atoms with E-state index in [9.17, 15) is 5.11 Å². The molecule has 1 aliphatic rings. The van der Waals surface area contributed by atoms with Crippen LogP contribution in [0.4, 0.5) is 0 Å². The molecule has 172 valence electrons. The highest BCUT2D eigenvalue weighted by molar-refractivity contribution is 7.11. The molecule has 3 rings (SSSR count). The van der Waals surface area contributed by atoms with E-state index in [-0.39, 0.29) is 16.9 Å². The molecule has 4 unspecified atom stereocenters. The zero-order chi connectivity index (χ0) is 22.4. The molecular weight excluding hydrogens is 424 g/mol. The molecule has 2 nitrogen and oxygen atoms in total. The van der Waals surface area contributed by atoms with Crippen molar-refractivity contribution in [1.29, 1.82) is 0 Å². The van der Waals surface area contributed by atoms with Crippen LogP contribution in [0.15, 0.2) is 36.4 Å². The molecule has 1 heterocycles. The van der Waals surface area contributed by atoms with Gasteiger partial charge < -0.3 is 9.84 Å². The fourth-order valence-corrected chi connectivity index (χ4v) is 6.15. The van der Waals surface area contributed by atoms with E-state index < -0.39 is 0 Å². The summed E-state index contributed by atoms with van der Waals surface area (Å²) in [6.45, 7) is 10.1. The summed E-state index contributed by atoms with van der Waals surface area (Å²) in [4.78, 5) is 2.62. The Labute approximate surface area is 198 Å². The maximum atomic E-state index is 10.8. The van der Waals surface area contributed by atoms with E-state index >= 15 is 0 Å². The normalized spacial score (nSPS) is 22.7. The van der Waals surface area contributed by atoms with Crippen molar-refractivity contribution in [3.8, 4) is 0 Å². The first-order valence-corrected chi connectivity index (χ1v) is 13.1. The van der Waals surface area contributed by atoms with Gasteiger partial charge in [-0.2, -0.15) is 0 Å². The van der Waals surface area contributed by atoms with Gasteiger partial charge in [-0.05, 0) is 55.4 Å². The maximum Gasteiger partial charge on any atom is 0.0809 e. The summed E-state index contributed by atoms with van der Waals surface area (Å²) in [5.74, 6) is 0.792. The minimum absolute atomic E-state index is 0.163. The Morgan fingerprint density at radius 2 is 1.87 bits per heavy atom. The third kappa shape index (κ3) is 6.35. The number of aliphatic hydroxyl groups excluding tert-OH is 1. The molecule has 0 spiro atoms. The molecule has 0 saturated heterocycles. The summed E-state index contributed by atoms with van der Waals surface area (Å²) in [6.07, 6.45) is 6.15. The predicted molar refractivity (Wildman–Crippen MR) is 133 cm³/mol. The number of benzene rings is 1. The van der Waals surface area contributed by atoms with Gasteiger partial charge in [0.15, 0.2) is 0 Å². The summed E-state index contributed by atoms with van der Waals surface area (Å²) >= 11 is 8.57. The number of hydrogen-bond acceptors (Lipinski definition) is 3. The number of ether oxygens (including phenoxy) is 1. The van der Waals surface area contributed by atoms with Crippen molar-refractivity contribution in [2.45, 2.75) is 95.6 Å². The molecule has 1 fully saturated rings. The maximum absolute atomic E-state index is 10.8. The van der Waals surface area contributed by atoms with Crippen LogP contribution in [0.1, 0.15) is 86.1 Å². The molecular formula is C27H39ClO2S. The molecule has 4 heteroatoms. The van der Waals surface area contributed by atoms with E-state index in [1.54, 1.807) is 0 Å². The molecule has 1 aromatic carbocycles. The number of alkyl halides is 1. The third-order valence-electron chi connectivity index (χ3n) is 7.04. The van der Waals surface area contributed by atoms with Gasteiger partial charge >= 0.3 is 0 Å². The van der Waals surface area contributed by atoms with E-state index in [2.05, 4.69) is 64.1 Å². The molecule has 1 N–H and O–H groups in total. The van der Waals surface area contributed by atoms with E-state index in [4.69, 9.17) is 16.3 Å². The Balaban J connectivity index is 1.62. The fraction of sp³-hybridized carbons (Fsp3) is 0.630. The van der Waals surface area contributed by atoms with E-state index in [0.717, 1.165) is 32.3 Å². The Hall–Kier alpha value is -0.870. The van der Waals surface area contributed by atoms with Crippen LogP contribution in [0, 0.1) is 12.8 Å². The molecule has 2 aromatic rings. The lowest BCUT2D eigenvalue weighted by Crippen LogP contribution is -2.33. The number of thiophene rings is 1. The molecule has 0 amide bonds. The minimum Gasteiger partial charge on any atom is -0.392 e. The van der Waals surface area contributed by atoms with Crippen molar-refractivity contribution < 1.29 is 9.84 Å². The molecule has 0 bridgehead atoms. The lowest BCUT2D eigenvalue weighted by Gasteiger charge is -2.32. The standard InChI is InChI=1S/C27H39ClO2S/c1-5-6-7-8-25(29)27(3,4)22-13-10-20(11-14-22)26-21(12-16-24(26)28)17-30-18-23-15-9-19(2)31-23/h9-11,13-15,21,24-26,29H,5-8,12,16-18H2,1-4H3. The number of halogens is 1. The molecule has 1 aliphatic carbocycles. The molecule has 4 atom stereocenters. The van der Waals surface area contributed by atoms with Crippen LogP contribution >= 0.6 is 22.9 Å². The second kappa shape index (κ2) is 11.3. The van der Waals surface area contributed by atoms with Crippen molar-refractivity contribution in [2.24, 2.45) is 5.92 Å². The van der Waals surface area contributed by atoms with E-state index in [0.29, 0.717) is 18.4 Å². The molecule has 1 aromatic heterocycles. The number of rotatable bonds is 11. The smallest absolute Gasteiger partial charge is 0.0809 e. The Morgan fingerprint density at radius 1 is 1.13 bits per heavy atom. The van der Waals surface area contributed by atoms with Crippen molar-refractivity contribution >= 4 is 22.9 Å². The van der Waals surface area contributed by atoms with Gasteiger partial charge in [-0.1, -0.05) is 64.3 Å². The van der Waals surface area contributed by atoms with Crippen LogP contribution in [0.5, 0.6) is 0 Å². The monoisotopic (exact) mass is 462 g/mol. The number of aliphatic hydroxyl groups is 1. The number of hydrogen-bond donors (Lipinski definition) is 1. The largest absolute Gasteiger partial charge is 0.392 e. The van der Waals surface area contributed by atoms with Gasteiger partial charge in [-0.3, -0.25) is 0 Å². The zero-order valence-corrected chi connectivity index (χ0v) is 21.1. The van der Waals surface area contributed by atoms with Crippen molar-refractivity contribution in [1.82, 2.24) is 0 Å². The van der Waals surface area contributed by atoms with Gasteiger partial charge in [0.2, 0.25) is 0 Å². The van der Waals surface area contributed by atoms with E-state index in [1.165, 1.54) is 33.7 Å². The summed E-state index contributed by atoms with van der Waals surface area (Å²) in [5.41, 5.74) is 2.26. The Bertz CT molecular complexity index is 798. The van der Waals surface area contributed by atoms with Crippen LogP contribution in [0.25, 0.3) is 0 Å². The summed E-state index contributed by atoms with van der Waals surface area (Å²) < 4.78 is 6.09. The fourth-order valence-electron chi connectivity index (χ4n) is 4.85. The second-order valence-corrected chi connectivity index (χ2v) is 11.7. The first-order valence-electron chi connectivity index (χ1n) is 11.9. The van der Waals surface area contributed by atoms with Gasteiger partial charge in [-0.25, -0.2) is 0 Å². The SMILES string of the molecule is CCCCCC(O)C(C)(C)c1ccc(C2C(Cl)CCC2COCc2ccc(C)s2)cc1. The van der Waals surface area contributed by atoms with Gasteiger partial charge in [0.1, 0.15) is 0 Å². The van der Waals surface area contributed by atoms with Gasteiger partial charge in [0.25, 0.3) is 0 Å². The highest BCUT2D eigenvalue weighted by atomic mass is 35.5. The van der Waals surface area contributed by atoms with Crippen molar-refractivity contribution in [2.75, 3.05) is 6.61 Å². The quantitative estimate of drug-likeness (QED) is 0.275. The summed E-state index contributed by atoms with van der Waals surface area (Å²) in [6, 6.07) is 13.2. The van der Waals surface area contributed by atoms with Crippen LogP contribution in [0.2, 0.25) is 0 Å². The van der Waals surface area contributed by atoms with Crippen LogP contribution in [-0.2, 0) is 16.8 Å². The molecule has 0 radical (unpaired) electrons.